The van der Waals surface area contributed by atoms with Gasteiger partial charge in [0.25, 0.3) is 5.91 Å². The number of aromatic nitrogens is 5. The third-order valence-electron chi connectivity index (χ3n) is 5.22. The number of aryl methyl sites for hydroxylation is 2. The Bertz CT molecular complexity index is 1140. The molecule has 0 bridgehead atoms. The molecule has 1 saturated heterocycles. The largest absolute Gasteiger partial charge is 0.573 e. The fourth-order valence-corrected chi connectivity index (χ4v) is 4.67. The Morgan fingerprint density at radius 3 is 2.32 bits per heavy atom. The summed E-state index contributed by atoms with van der Waals surface area (Å²) in [6.07, 6.45) is -1.84. The second-order valence-corrected chi connectivity index (χ2v) is 8.86. The van der Waals surface area contributed by atoms with Crippen LogP contribution in [0.1, 0.15) is 46.8 Å². The average molecular weight is 493 g/mol. The number of thioether (sulfide) groups is 1. The lowest BCUT2D eigenvalue weighted by atomic mass is 10.1. The van der Waals surface area contributed by atoms with E-state index in [1.807, 2.05) is 19.9 Å². The van der Waals surface area contributed by atoms with Gasteiger partial charge in [-0.3, -0.25) is 4.79 Å². The molecule has 3 aromatic rings. The first kappa shape index (κ1) is 24.0. The van der Waals surface area contributed by atoms with Crippen molar-refractivity contribution in [3.05, 3.63) is 53.1 Å². The van der Waals surface area contributed by atoms with E-state index in [4.69, 9.17) is 0 Å². The second-order valence-electron chi connectivity index (χ2n) is 7.91. The molecule has 1 aromatic carbocycles. The molecule has 4 rings (SSSR count). The van der Waals surface area contributed by atoms with Crippen molar-refractivity contribution >= 4 is 17.7 Å². The third kappa shape index (κ3) is 5.85. The topological polar surface area (TPSA) is 86.0 Å². The van der Waals surface area contributed by atoms with Gasteiger partial charge in [0.1, 0.15) is 5.75 Å². The van der Waals surface area contributed by atoms with Crippen molar-refractivity contribution < 1.29 is 22.7 Å². The van der Waals surface area contributed by atoms with Crippen LogP contribution in [0.25, 0.3) is 5.69 Å². The van der Waals surface area contributed by atoms with Crippen LogP contribution in [0.15, 0.2) is 35.5 Å². The third-order valence-corrected chi connectivity index (χ3v) is 6.08. The summed E-state index contributed by atoms with van der Waals surface area (Å²) in [7, 11) is 0. The van der Waals surface area contributed by atoms with Crippen LogP contribution in [0.5, 0.6) is 5.75 Å². The predicted octanol–water partition coefficient (Wildman–Crippen LogP) is 4.49. The van der Waals surface area contributed by atoms with E-state index in [1.165, 1.54) is 40.7 Å². The standard InChI is InChI=1S/C22H23F3N6O2S/c1-14-12-15(2)27-21(26-14)34-13-18-19(20(32)30-10-4-3-5-11-30)28-29-31(18)16-6-8-17(9-7-16)33-22(23,24)25/h6-9,12H,3-5,10-11,13H2,1-2H3. The number of piperidine rings is 1. The van der Waals surface area contributed by atoms with E-state index in [0.29, 0.717) is 35.4 Å². The SMILES string of the molecule is Cc1cc(C)nc(SCc2c(C(=O)N3CCCCC3)nnn2-c2ccc(OC(F)(F)F)cc2)n1. The number of carbonyl (C=O) groups excluding carboxylic acids is 1. The molecule has 1 fully saturated rings. The van der Waals surface area contributed by atoms with Crippen LogP contribution in [0.2, 0.25) is 0 Å². The Morgan fingerprint density at radius 2 is 1.71 bits per heavy atom. The van der Waals surface area contributed by atoms with Gasteiger partial charge in [0.2, 0.25) is 0 Å². The molecule has 0 aliphatic carbocycles. The number of carbonyl (C=O) groups is 1. The molecule has 34 heavy (non-hydrogen) atoms. The zero-order valence-electron chi connectivity index (χ0n) is 18.7. The van der Waals surface area contributed by atoms with Gasteiger partial charge in [-0.25, -0.2) is 14.6 Å². The van der Waals surface area contributed by atoms with Crippen molar-refractivity contribution in [1.29, 1.82) is 0 Å². The Hall–Kier alpha value is -3.15. The lowest BCUT2D eigenvalue weighted by Gasteiger charge is -2.26. The summed E-state index contributed by atoms with van der Waals surface area (Å²) in [5.41, 5.74) is 2.84. The molecular weight excluding hydrogens is 469 g/mol. The summed E-state index contributed by atoms with van der Waals surface area (Å²) in [4.78, 5) is 23.8. The Morgan fingerprint density at radius 1 is 1.06 bits per heavy atom. The average Bonchev–Trinajstić information content (AvgIpc) is 3.20. The fraction of sp³-hybridized carbons (Fsp3) is 0.409. The molecule has 12 heteroatoms. The summed E-state index contributed by atoms with van der Waals surface area (Å²) in [5, 5.41) is 8.86. The normalized spacial score (nSPS) is 14.3. The van der Waals surface area contributed by atoms with Crippen LogP contribution < -0.4 is 4.74 Å². The number of nitrogens with zero attached hydrogens (tertiary/aromatic N) is 6. The van der Waals surface area contributed by atoms with Gasteiger partial charge in [-0.15, -0.1) is 18.3 Å². The zero-order valence-corrected chi connectivity index (χ0v) is 19.5. The minimum Gasteiger partial charge on any atom is -0.406 e. The Labute approximate surface area is 198 Å². The summed E-state index contributed by atoms with van der Waals surface area (Å²) >= 11 is 1.34. The first-order chi connectivity index (χ1) is 16.2. The molecule has 1 aliphatic heterocycles. The number of alkyl halides is 3. The van der Waals surface area contributed by atoms with Gasteiger partial charge >= 0.3 is 6.36 Å². The minimum absolute atomic E-state index is 0.208. The number of benzene rings is 1. The molecule has 180 valence electrons. The lowest BCUT2D eigenvalue weighted by Crippen LogP contribution is -2.36. The van der Waals surface area contributed by atoms with Gasteiger partial charge in [-0.1, -0.05) is 17.0 Å². The molecule has 0 spiro atoms. The molecule has 1 aliphatic rings. The van der Waals surface area contributed by atoms with Gasteiger partial charge in [0, 0.05) is 30.2 Å². The van der Waals surface area contributed by atoms with Gasteiger partial charge in [0.15, 0.2) is 10.9 Å². The zero-order chi connectivity index (χ0) is 24.3. The van der Waals surface area contributed by atoms with Crippen LogP contribution in [0, 0.1) is 13.8 Å². The summed E-state index contributed by atoms with van der Waals surface area (Å²) < 4.78 is 42.9. The quantitative estimate of drug-likeness (QED) is 0.370. The van der Waals surface area contributed by atoms with Crippen LogP contribution in [-0.4, -0.2) is 55.2 Å². The Balaban J connectivity index is 1.65. The maximum absolute atomic E-state index is 13.2. The molecule has 0 unspecified atom stereocenters. The molecule has 3 heterocycles. The molecule has 0 radical (unpaired) electrons. The van der Waals surface area contributed by atoms with Crippen LogP contribution in [0.4, 0.5) is 13.2 Å². The number of rotatable bonds is 6. The highest BCUT2D eigenvalue weighted by Gasteiger charge is 2.31. The minimum atomic E-state index is -4.78. The smallest absolute Gasteiger partial charge is 0.406 e. The number of halogens is 3. The molecular formula is C22H23F3N6O2S. The molecule has 0 atom stereocenters. The predicted molar refractivity (Wildman–Crippen MR) is 119 cm³/mol. The van der Waals surface area contributed by atoms with Crippen LogP contribution >= 0.6 is 11.8 Å². The van der Waals surface area contributed by atoms with E-state index in [9.17, 15) is 18.0 Å². The van der Waals surface area contributed by atoms with Gasteiger partial charge in [-0.2, -0.15) is 0 Å². The van der Waals surface area contributed by atoms with E-state index < -0.39 is 6.36 Å². The maximum Gasteiger partial charge on any atom is 0.573 e. The summed E-state index contributed by atoms with van der Waals surface area (Å²) in [5.74, 6) is -0.258. The molecule has 1 amide bonds. The van der Waals surface area contributed by atoms with Crippen molar-refractivity contribution in [2.45, 2.75) is 50.4 Å². The fourth-order valence-electron chi connectivity index (χ4n) is 3.73. The molecule has 0 N–H and O–H groups in total. The van der Waals surface area contributed by atoms with Gasteiger partial charge < -0.3 is 9.64 Å². The Kier molecular flexibility index (Phi) is 7.05. The molecule has 8 nitrogen and oxygen atoms in total. The maximum atomic E-state index is 13.2. The van der Waals surface area contributed by atoms with E-state index in [2.05, 4.69) is 25.0 Å². The van der Waals surface area contributed by atoms with Gasteiger partial charge in [0.05, 0.1) is 11.4 Å². The summed E-state index contributed by atoms with van der Waals surface area (Å²) in [6, 6.07) is 7.13. The number of ether oxygens (including phenoxy) is 1. The van der Waals surface area contributed by atoms with Crippen molar-refractivity contribution in [3.8, 4) is 11.4 Å². The van der Waals surface area contributed by atoms with E-state index >= 15 is 0 Å². The van der Waals surface area contributed by atoms with Crippen molar-refractivity contribution in [2.75, 3.05) is 13.1 Å². The number of hydrogen-bond acceptors (Lipinski definition) is 7. The highest BCUT2D eigenvalue weighted by atomic mass is 32.2. The van der Waals surface area contributed by atoms with Crippen molar-refractivity contribution in [1.82, 2.24) is 29.9 Å². The first-order valence-corrected chi connectivity index (χ1v) is 11.7. The highest BCUT2D eigenvalue weighted by molar-refractivity contribution is 7.98. The van der Waals surface area contributed by atoms with E-state index in [0.717, 1.165) is 30.7 Å². The van der Waals surface area contributed by atoms with Crippen molar-refractivity contribution in [3.63, 3.8) is 0 Å². The number of amides is 1. The second kappa shape index (κ2) is 10.00. The molecule has 0 saturated carbocycles. The van der Waals surface area contributed by atoms with Crippen LogP contribution in [-0.2, 0) is 5.75 Å². The number of likely N-dealkylation sites (tertiary alicyclic amines) is 1. The van der Waals surface area contributed by atoms with E-state index in [1.54, 1.807) is 4.90 Å². The lowest BCUT2D eigenvalue weighted by molar-refractivity contribution is -0.274. The van der Waals surface area contributed by atoms with Crippen molar-refractivity contribution in [2.24, 2.45) is 0 Å². The van der Waals surface area contributed by atoms with E-state index in [-0.39, 0.29) is 17.4 Å². The van der Waals surface area contributed by atoms with Crippen LogP contribution in [0.3, 0.4) is 0 Å². The monoisotopic (exact) mass is 492 g/mol. The highest BCUT2D eigenvalue weighted by Crippen LogP contribution is 2.27. The molecule has 2 aromatic heterocycles. The van der Waals surface area contributed by atoms with Gasteiger partial charge in [-0.05, 0) is 63.4 Å². The first-order valence-electron chi connectivity index (χ1n) is 10.7. The number of hydrogen-bond donors (Lipinski definition) is 0. The summed E-state index contributed by atoms with van der Waals surface area (Å²) in [6.45, 7) is 5.06.